The number of rotatable bonds is 10. The van der Waals surface area contributed by atoms with Gasteiger partial charge in [0.15, 0.2) is 0 Å². The summed E-state index contributed by atoms with van der Waals surface area (Å²) in [6.07, 6.45) is 8.52. The van der Waals surface area contributed by atoms with Crippen LogP contribution in [0.4, 0.5) is 0 Å². The number of fused-ring (bicyclic) bond motifs is 1. The van der Waals surface area contributed by atoms with E-state index in [9.17, 15) is 9.90 Å². The SMILES string of the molecule is O=C(O)CCN(Cc1ccccc1)C(=O)C1(c2c(Cc3ccccc3)oc3ccccc23)C=CC(c2ccccc2)C=C1. The lowest BCUT2D eigenvalue weighted by Gasteiger charge is -2.36. The van der Waals surface area contributed by atoms with Gasteiger partial charge in [0.25, 0.3) is 0 Å². The summed E-state index contributed by atoms with van der Waals surface area (Å²) < 4.78 is 6.51. The van der Waals surface area contributed by atoms with Crippen LogP contribution in [0.3, 0.4) is 0 Å². The monoisotopic (exact) mass is 567 g/mol. The fraction of sp³-hybridized carbons (Fsp3) is 0.158. The van der Waals surface area contributed by atoms with E-state index in [1.54, 1.807) is 4.90 Å². The smallest absolute Gasteiger partial charge is 0.305 e. The maximum absolute atomic E-state index is 15.0. The van der Waals surface area contributed by atoms with E-state index >= 15 is 4.79 Å². The molecule has 0 fully saturated rings. The molecule has 0 bridgehead atoms. The Bertz CT molecular complexity index is 1760. The molecule has 1 aliphatic carbocycles. The molecule has 5 heteroatoms. The largest absolute Gasteiger partial charge is 0.481 e. The van der Waals surface area contributed by atoms with Crippen LogP contribution in [0.5, 0.6) is 0 Å². The van der Waals surface area contributed by atoms with Crippen LogP contribution in [0.15, 0.2) is 144 Å². The number of carboxylic acids is 1. The van der Waals surface area contributed by atoms with E-state index in [1.165, 1.54) is 0 Å². The van der Waals surface area contributed by atoms with Crippen LogP contribution in [0.25, 0.3) is 11.0 Å². The Morgan fingerprint density at radius 1 is 0.744 bits per heavy atom. The minimum atomic E-state index is -1.20. The van der Waals surface area contributed by atoms with Crippen molar-refractivity contribution in [2.45, 2.75) is 30.7 Å². The summed E-state index contributed by atoms with van der Waals surface area (Å²) in [6, 6.07) is 37.8. The molecule has 214 valence electrons. The Morgan fingerprint density at radius 3 is 1.98 bits per heavy atom. The van der Waals surface area contributed by atoms with Crippen molar-refractivity contribution in [3.8, 4) is 0 Å². The molecular formula is C38H33NO4. The topological polar surface area (TPSA) is 70.8 Å². The minimum absolute atomic E-state index is 0.000503. The molecule has 1 heterocycles. The number of furan rings is 1. The number of hydrogen-bond acceptors (Lipinski definition) is 3. The average Bonchev–Trinajstić information content (AvgIpc) is 3.42. The number of carboxylic acid groups (broad SMARTS) is 1. The third-order valence-corrected chi connectivity index (χ3v) is 8.06. The average molecular weight is 568 g/mol. The van der Waals surface area contributed by atoms with Crippen molar-refractivity contribution < 1.29 is 19.1 Å². The normalized spacial score (nSPS) is 17.6. The highest BCUT2D eigenvalue weighted by molar-refractivity contribution is 5.99. The zero-order chi connectivity index (χ0) is 29.6. The van der Waals surface area contributed by atoms with Crippen LogP contribution in [0.1, 0.15) is 40.4 Å². The van der Waals surface area contributed by atoms with Gasteiger partial charge in [-0.1, -0.05) is 133 Å². The fourth-order valence-corrected chi connectivity index (χ4v) is 5.95. The minimum Gasteiger partial charge on any atom is -0.481 e. The highest BCUT2D eigenvalue weighted by atomic mass is 16.4. The number of para-hydroxylation sites is 1. The van der Waals surface area contributed by atoms with Gasteiger partial charge >= 0.3 is 5.97 Å². The van der Waals surface area contributed by atoms with Crippen LogP contribution in [0, 0.1) is 0 Å². The van der Waals surface area contributed by atoms with Gasteiger partial charge in [-0.2, -0.15) is 0 Å². The lowest BCUT2D eigenvalue weighted by atomic mass is 9.72. The van der Waals surface area contributed by atoms with E-state index in [0.717, 1.165) is 27.6 Å². The first-order valence-corrected chi connectivity index (χ1v) is 14.6. The van der Waals surface area contributed by atoms with E-state index in [4.69, 9.17) is 4.42 Å². The van der Waals surface area contributed by atoms with Crippen LogP contribution >= 0.6 is 0 Å². The fourth-order valence-electron chi connectivity index (χ4n) is 5.95. The molecule has 0 unspecified atom stereocenters. The Kier molecular flexibility index (Phi) is 8.05. The van der Waals surface area contributed by atoms with Gasteiger partial charge in [0.1, 0.15) is 16.8 Å². The van der Waals surface area contributed by atoms with Gasteiger partial charge in [0.05, 0.1) is 6.42 Å². The number of amides is 1. The molecule has 6 rings (SSSR count). The third kappa shape index (κ3) is 5.93. The molecule has 4 aromatic carbocycles. The highest BCUT2D eigenvalue weighted by Crippen LogP contribution is 2.44. The van der Waals surface area contributed by atoms with E-state index in [0.29, 0.717) is 24.3 Å². The second-order valence-corrected chi connectivity index (χ2v) is 10.9. The first kappa shape index (κ1) is 28.0. The van der Waals surface area contributed by atoms with E-state index < -0.39 is 11.4 Å². The Hall–Kier alpha value is -5.16. The summed E-state index contributed by atoms with van der Waals surface area (Å²) in [4.78, 5) is 28.4. The second kappa shape index (κ2) is 12.4. The molecule has 1 amide bonds. The molecule has 5 aromatic rings. The number of carbonyl (C=O) groups excluding carboxylic acids is 1. The molecule has 1 aliphatic rings. The van der Waals surface area contributed by atoms with E-state index in [1.807, 2.05) is 103 Å². The van der Waals surface area contributed by atoms with Gasteiger partial charge in [-0.25, -0.2) is 0 Å². The molecule has 1 N–H and O–H groups in total. The molecular weight excluding hydrogens is 534 g/mol. The van der Waals surface area contributed by atoms with E-state index in [2.05, 4.69) is 36.4 Å². The van der Waals surface area contributed by atoms with E-state index in [-0.39, 0.29) is 24.8 Å². The zero-order valence-electron chi connectivity index (χ0n) is 23.8. The number of hydrogen-bond donors (Lipinski definition) is 1. The predicted molar refractivity (Wildman–Crippen MR) is 169 cm³/mol. The number of carbonyl (C=O) groups is 2. The zero-order valence-corrected chi connectivity index (χ0v) is 23.8. The molecule has 0 spiro atoms. The Morgan fingerprint density at radius 2 is 1.33 bits per heavy atom. The quantitative estimate of drug-likeness (QED) is 0.176. The maximum Gasteiger partial charge on any atom is 0.305 e. The summed E-state index contributed by atoms with van der Waals surface area (Å²) in [5.74, 6) is -0.416. The molecule has 43 heavy (non-hydrogen) atoms. The van der Waals surface area contributed by atoms with Gasteiger partial charge in [-0.05, 0) is 22.8 Å². The number of aliphatic carboxylic acids is 1. The van der Waals surface area contributed by atoms with Crippen molar-refractivity contribution in [2.75, 3.05) is 6.54 Å². The summed E-state index contributed by atoms with van der Waals surface area (Å²) in [5.41, 5.74) is 3.44. The first-order chi connectivity index (χ1) is 21.0. The van der Waals surface area contributed by atoms with Crippen molar-refractivity contribution in [3.63, 3.8) is 0 Å². The number of allylic oxidation sites excluding steroid dienone is 2. The Balaban J connectivity index is 1.51. The molecule has 0 atom stereocenters. The number of nitrogens with zero attached hydrogens (tertiary/aromatic N) is 1. The standard InChI is InChI=1S/C38H33NO4/c40-35(41)22-25-39(27-29-14-6-2-7-15-29)37(42)38(23-20-31(21-24-38)30-16-8-3-9-17-30)36-32-18-10-11-19-33(32)43-34(36)26-28-12-4-1-5-13-28/h1-21,23-24,31H,22,25-27H2,(H,40,41). The van der Waals surface area contributed by atoms with Crippen molar-refractivity contribution in [1.29, 1.82) is 0 Å². The summed E-state index contributed by atoms with van der Waals surface area (Å²) in [7, 11) is 0. The second-order valence-electron chi connectivity index (χ2n) is 10.9. The molecule has 0 saturated carbocycles. The van der Waals surface area contributed by atoms with Crippen LogP contribution in [-0.4, -0.2) is 28.4 Å². The lowest BCUT2D eigenvalue weighted by molar-refractivity contribution is -0.139. The van der Waals surface area contributed by atoms with Crippen LogP contribution in [0.2, 0.25) is 0 Å². The van der Waals surface area contributed by atoms with Gasteiger partial charge in [0.2, 0.25) is 5.91 Å². The maximum atomic E-state index is 15.0. The third-order valence-electron chi connectivity index (χ3n) is 8.06. The van der Waals surface area contributed by atoms with Gasteiger partial charge in [-0.15, -0.1) is 0 Å². The van der Waals surface area contributed by atoms with Crippen molar-refractivity contribution in [2.24, 2.45) is 0 Å². The summed E-state index contributed by atoms with van der Waals surface area (Å²) in [6.45, 7) is 0.376. The molecule has 0 aliphatic heterocycles. The highest BCUT2D eigenvalue weighted by Gasteiger charge is 2.44. The molecule has 0 radical (unpaired) electrons. The Labute approximate surface area is 251 Å². The molecule has 1 aromatic heterocycles. The van der Waals surface area contributed by atoms with Crippen LogP contribution in [-0.2, 0) is 28.0 Å². The van der Waals surface area contributed by atoms with Gasteiger partial charge in [-0.3, -0.25) is 9.59 Å². The lowest BCUT2D eigenvalue weighted by Crippen LogP contribution is -2.46. The predicted octanol–water partition coefficient (Wildman–Crippen LogP) is 7.67. The molecule has 5 nitrogen and oxygen atoms in total. The van der Waals surface area contributed by atoms with Crippen LogP contribution < -0.4 is 0 Å². The summed E-state index contributed by atoms with van der Waals surface area (Å²) in [5, 5.41) is 10.5. The summed E-state index contributed by atoms with van der Waals surface area (Å²) >= 11 is 0. The van der Waals surface area contributed by atoms with Crippen molar-refractivity contribution in [3.05, 3.63) is 168 Å². The van der Waals surface area contributed by atoms with Crippen molar-refractivity contribution in [1.82, 2.24) is 4.90 Å². The van der Waals surface area contributed by atoms with Gasteiger partial charge < -0.3 is 14.4 Å². The number of benzene rings is 4. The van der Waals surface area contributed by atoms with Gasteiger partial charge in [0, 0.05) is 36.4 Å². The van der Waals surface area contributed by atoms with Crippen molar-refractivity contribution >= 4 is 22.8 Å². The first-order valence-electron chi connectivity index (χ1n) is 14.6. The molecule has 0 saturated heterocycles.